The van der Waals surface area contributed by atoms with E-state index in [1.807, 2.05) is 6.07 Å². The molecule has 0 amide bonds. The van der Waals surface area contributed by atoms with Crippen molar-refractivity contribution in [2.24, 2.45) is 0 Å². The molecule has 122 valence electrons. The Morgan fingerprint density at radius 2 is 2.04 bits per heavy atom. The second-order valence-corrected chi connectivity index (χ2v) is 6.25. The molecule has 24 heavy (non-hydrogen) atoms. The highest BCUT2D eigenvalue weighted by Gasteiger charge is 2.25. The Morgan fingerprint density at radius 3 is 2.75 bits per heavy atom. The Hall–Kier alpha value is -2.66. The number of anilines is 1. The SMILES string of the molecule is Nc1cccc(CO)c1-n1ccc2cc(C3CC3)cc(F)c2c1=O. The largest absolute Gasteiger partial charge is 0.397 e. The van der Waals surface area contributed by atoms with Crippen molar-refractivity contribution >= 4 is 16.5 Å². The van der Waals surface area contributed by atoms with Crippen LogP contribution in [0.15, 0.2) is 47.4 Å². The zero-order chi connectivity index (χ0) is 16.8. The average Bonchev–Trinajstić information content (AvgIpc) is 3.40. The number of hydrogen-bond donors (Lipinski definition) is 2. The highest BCUT2D eigenvalue weighted by atomic mass is 19.1. The number of aliphatic hydroxyl groups excluding tert-OH is 1. The van der Waals surface area contributed by atoms with Crippen LogP contribution < -0.4 is 11.3 Å². The molecule has 0 aliphatic heterocycles. The van der Waals surface area contributed by atoms with Crippen molar-refractivity contribution in [2.45, 2.75) is 25.4 Å². The summed E-state index contributed by atoms with van der Waals surface area (Å²) >= 11 is 0. The summed E-state index contributed by atoms with van der Waals surface area (Å²) in [5.74, 6) is -0.0918. The molecule has 1 heterocycles. The van der Waals surface area contributed by atoms with E-state index in [4.69, 9.17) is 5.73 Å². The van der Waals surface area contributed by atoms with E-state index in [0.29, 0.717) is 28.2 Å². The van der Waals surface area contributed by atoms with Gasteiger partial charge in [-0.25, -0.2) is 4.39 Å². The molecule has 0 radical (unpaired) electrons. The molecule has 5 heteroatoms. The van der Waals surface area contributed by atoms with Crippen molar-refractivity contribution in [1.29, 1.82) is 0 Å². The van der Waals surface area contributed by atoms with Gasteiger partial charge < -0.3 is 10.8 Å². The van der Waals surface area contributed by atoms with Crippen molar-refractivity contribution < 1.29 is 9.50 Å². The quantitative estimate of drug-likeness (QED) is 0.728. The number of para-hydroxylation sites is 1. The third-order valence-electron chi connectivity index (χ3n) is 4.59. The number of pyridine rings is 1. The number of rotatable bonds is 3. The first-order valence-corrected chi connectivity index (χ1v) is 7.93. The van der Waals surface area contributed by atoms with Gasteiger partial charge in [0.05, 0.1) is 23.4 Å². The van der Waals surface area contributed by atoms with Crippen LogP contribution in [-0.4, -0.2) is 9.67 Å². The van der Waals surface area contributed by atoms with Crippen LogP contribution in [0.25, 0.3) is 16.5 Å². The van der Waals surface area contributed by atoms with E-state index >= 15 is 0 Å². The summed E-state index contributed by atoms with van der Waals surface area (Å²) in [4.78, 5) is 12.9. The number of halogens is 1. The fourth-order valence-electron chi connectivity index (χ4n) is 3.21. The van der Waals surface area contributed by atoms with Crippen molar-refractivity contribution in [3.8, 4) is 5.69 Å². The fraction of sp³-hybridized carbons (Fsp3) is 0.211. The van der Waals surface area contributed by atoms with Gasteiger partial charge in [-0.15, -0.1) is 0 Å². The molecule has 2 aromatic carbocycles. The van der Waals surface area contributed by atoms with Crippen LogP contribution in [0.4, 0.5) is 10.1 Å². The molecule has 1 fully saturated rings. The van der Waals surface area contributed by atoms with E-state index < -0.39 is 11.4 Å². The van der Waals surface area contributed by atoms with Crippen LogP contribution in [0.2, 0.25) is 0 Å². The Bertz CT molecular complexity index is 1010. The number of nitrogen functional groups attached to an aromatic ring is 1. The van der Waals surface area contributed by atoms with Gasteiger partial charge in [-0.05, 0) is 47.9 Å². The molecule has 3 N–H and O–H groups in total. The standard InChI is InChI=1S/C19H17FN2O2/c20-15-9-14(11-4-5-11)8-12-6-7-22(19(24)17(12)15)18-13(10-23)2-1-3-16(18)21/h1-3,6-9,11,23H,4-5,10,21H2. The molecule has 1 aliphatic rings. The van der Waals surface area contributed by atoms with E-state index in [-0.39, 0.29) is 12.0 Å². The number of fused-ring (bicyclic) bond motifs is 1. The highest BCUT2D eigenvalue weighted by Crippen LogP contribution is 2.41. The Kier molecular flexibility index (Phi) is 3.39. The maximum atomic E-state index is 14.6. The average molecular weight is 324 g/mol. The lowest BCUT2D eigenvalue weighted by Crippen LogP contribution is -2.21. The van der Waals surface area contributed by atoms with Crippen molar-refractivity contribution in [3.63, 3.8) is 0 Å². The highest BCUT2D eigenvalue weighted by molar-refractivity contribution is 5.84. The summed E-state index contributed by atoms with van der Waals surface area (Å²) in [6.45, 7) is -0.256. The number of hydrogen-bond acceptors (Lipinski definition) is 3. The van der Waals surface area contributed by atoms with Crippen LogP contribution in [0.5, 0.6) is 0 Å². The predicted molar refractivity (Wildman–Crippen MR) is 91.8 cm³/mol. The van der Waals surface area contributed by atoms with Crippen molar-refractivity contribution in [2.75, 3.05) is 5.73 Å². The molecule has 0 unspecified atom stereocenters. The first kappa shape index (κ1) is 14.9. The van der Waals surface area contributed by atoms with Crippen molar-refractivity contribution in [3.05, 3.63) is 69.9 Å². The van der Waals surface area contributed by atoms with E-state index in [0.717, 1.165) is 18.4 Å². The number of nitrogens with zero attached hydrogens (tertiary/aromatic N) is 1. The molecule has 0 saturated heterocycles. The maximum absolute atomic E-state index is 14.6. The van der Waals surface area contributed by atoms with Crippen LogP contribution >= 0.6 is 0 Å². The Morgan fingerprint density at radius 1 is 1.25 bits per heavy atom. The van der Waals surface area contributed by atoms with Gasteiger partial charge in [0.1, 0.15) is 5.82 Å². The summed E-state index contributed by atoms with van der Waals surface area (Å²) in [6.07, 6.45) is 3.73. The van der Waals surface area contributed by atoms with Gasteiger partial charge in [0.15, 0.2) is 0 Å². The lowest BCUT2D eigenvalue weighted by Gasteiger charge is -2.14. The Balaban J connectivity index is 1.99. The first-order chi connectivity index (χ1) is 11.6. The molecule has 0 bridgehead atoms. The number of aliphatic hydroxyl groups is 1. The molecule has 4 nitrogen and oxygen atoms in total. The van der Waals surface area contributed by atoms with E-state index in [9.17, 15) is 14.3 Å². The fourth-order valence-corrected chi connectivity index (χ4v) is 3.21. The molecular formula is C19H17FN2O2. The molecular weight excluding hydrogens is 307 g/mol. The van der Waals surface area contributed by atoms with Crippen LogP contribution in [0.1, 0.15) is 29.9 Å². The molecule has 1 aromatic heterocycles. The molecule has 0 spiro atoms. The topological polar surface area (TPSA) is 68.2 Å². The smallest absolute Gasteiger partial charge is 0.266 e. The normalized spacial score (nSPS) is 14.2. The second-order valence-electron chi connectivity index (χ2n) is 6.25. The van der Waals surface area contributed by atoms with Gasteiger partial charge in [-0.2, -0.15) is 0 Å². The summed E-state index contributed by atoms with van der Waals surface area (Å²) in [6, 6.07) is 10.1. The monoisotopic (exact) mass is 324 g/mol. The third-order valence-corrected chi connectivity index (χ3v) is 4.59. The van der Waals surface area contributed by atoms with Crippen LogP contribution in [-0.2, 0) is 6.61 Å². The van der Waals surface area contributed by atoms with E-state index in [1.54, 1.807) is 30.5 Å². The minimum absolute atomic E-state index is 0.0500. The van der Waals surface area contributed by atoms with Crippen LogP contribution in [0.3, 0.4) is 0 Å². The number of aromatic nitrogens is 1. The molecule has 3 aromatic rings. The van der Waals surface area contributed by atoms with Gasteiger partial charge >= 0.3 is 0 Å². The number of nitrogens with two attached hydrogens (primary N) is 1. The third kappa shape index (κ3) is 2.29. The lowest BCUT2D eigenvalue weighted by molar-refractivity contribution is 0.281. The summed E-state index contributed by atoms with van der Waals surface area (Å²) in [5, 5.41) is 10.2. The summed E-state index contributed by atoms with van der Waals surface area (Å²) in [5.41, 5.74) is 7.75. The lowest BCUT2D eigenvalue weighted by atomic mass is 10.0. The molecule has 4 rings (SSSR count). The molecule has 1 aliphatic carbocycles. The maximum Gasteiger partial charge on any atom is 0.266 e. The summed E-state index contributed by atoms with van der Waals surface area (Å²) < 4.78 is 15.9. The van der Waals surface area contributed by atoms with Crippen molar-refractivity contribution in [1.82, 2.24) is 4.57 Å². The first-order valence-electron chi connectivity index (χ1n) is 7.93. The van der Waals surface area contributed by atoms with Gasteiger partial charge in [0, 0.05) is 11.8 Å². The van der Waals surface area contributed by atoms with E-state index in [2.05, 4.69) is 0 Å². The van der Waals surface area contributed by atoms with Gasteiger partial charge in [0.25, 0.3) is 5.56 Å². The van der Waals surface area contributed by atoms with E-state index in [1.165, 1.54) is 10.6 Å². The van der Waals surface area contributed by atoms with Crippen LogP contribution in [0, 0.1) is 5.82 Å². The second kappa shape index (κ2) is 5.46. The molecule has 1 saturated carbocycles. The predicted octanol–water partition coefficient (Wildman–Crippen LogP) is 3.08. The Labute approximate surface area is 138 Å². The van der Waals surface area contributed by atoms with Gasteiger partial charge in [-0.1, -0.05) is 18.2 Å². The minimum Gasteiger partial charge on any atom is -0.397 e. The summed E-state index contributed by atoms with van der Waals surface area (Å²) in [7, 11) is 0. The number of benzene rings is 2. The zero-order valence-electron chi connectivity index (χ0n) is 13.0. The van der Waals surface area contributed by atoms with Gasteiger partial charge in [-0.3, -0.25) is 9.36 Å². The van der Waals surface area contributed by atoms with Gasteiger partial charge in [0.2, 0.25) is 0 Å². The zero-order valence-corrected chi connectivity index (χ0v) is 13.0. The molecule has 0 atom stereocenters. The minimum atomic E-state index is -0.506.